The summed E-state index contributed by atoms with van der Waals surface area (Å²) in [4.78, 5) is 5.06. The van der Waals surface area contributed by atoms with E-state index < -0.39 is 0 Å². The molecular formula is C19H26Br2ClNO4. The van der Waals surface area contributed by atoms with Crippen LogP contribution >= 0.6 is 43.5 Å². The van der Waals surface area contributed by atoms with Crippen molar-refractivity contribution in [3.05, 3.63) is 32.2 Å². The minimum atomic E-state index is 0.442. The topological polar surface area (TPSA) is 49.3 Å². The lowest BCUT2D eigenvalue weighted by Gasteiger charge is -2.13. The third kappa shape index (κ3) is 11.6. The van der Waals surface area contributed by atoms with Crippen molar-refractivity contribution in [2.45, 2.75) is 33.6 Å². The molecule has 0 unspecified atom stereocenters. The quantitative estimate of drug-likeness (QED) is 0.173. The van der Waals surface area contributed by atoms with Crippen molar-refractivity contribution in [3.8, 4) is 11.5 Å². The van der Waals surface area contributed by atoms with Crippen LogP contribution in [-0.4, -0.2) is 38.7 Å². The van der Waals surface area contributed by atoms with Crippen molar-refractivity contribution in [2.75, 3.05) is 33.0 Å². The molecule has 0 fully saturated rings. The van der Waals surface area contributed by atoms with Gasteiger partial charge in [-0.3, -0.25) is 0 Å². The van der Waals surface area contributed by atoms with Gasteiger partial charge < -0.3 is 19.0 Å². The van der Waals surface area contributed by atoms with Gasteiger partial charge in [-0.15, -0.1) is 0 Å². The fraction of sp³-hybridized carbons (Fsp3) is 0.526. The smallest absolute Gasteiger partial charge is 0.141 e. The zero-order valence-electron chi connectivity index (χ0n) is 15.9. The second-order valence-corrected chi connectivity index (χ2v) is 9.08. The molecule has 0 aliphatic rings. The molecule has 0 N–H and O–H groups in total. The van der Waals surface area contributed by atoms with E-state index in [4.69, 9.17) is 30.6 Å². The summed E-state index contributed by atoms with van der Waals surface area (Å²) in [5.74, 6) is 1.41. The van der Waals surface area contributed by atoms with Crippen molar-refractivity contribution in [1.29, 1.82) is 0 Å². The molecule has 0 bridgehead atoms. The molecule has 8 heteroatoms. The van der Waals surface area contributed by atoms with Gasteiger partial charge in [-0.2, -0.15) is 0 Å². The van der Waals surface area contributed by atoms with Crippen LogP contribution in [0.2, 0.25) is 5.02 Å². The molecule has 0 aromatic heterocycles. The van der Waals surface area contributed by atoms with E-state index in [0.29, 0.717) is 49.6 Å². The number of aryl methyl sites for hydroxylation is 1. The molecule has 5 nitrogen and oxygen atoms in total. The Morgan fingerprint density at radius 3 is 2.48 bits per heavy atom. The molecule has 0 saturated carbocycles. The Balaban J connectivity index is 2.24. The van der Waals surface area contributed by atoms with E-state index in [0.717, 1.165) is 27.5 Å². The number of ether oxygens (including phenoxy) is 3. The second kappa shape index (κ2) is 14.3. The lowest BCUT2D eigenvalue weighted by atomic mass is 10.2. The van der Waals surface area contributed by atoms with Gasteiger partial charge in [-0.25, -0.2) is 0 Å². The lowest BCUT2D eigenvalue weighted by molar-refractivity contribution is 0.0483. The summed E-state index contributed by atoms with van der Waals surface area (Å²) in [5.41, 5.74) is 1.84. The number of nitrogens with zero attached hydrogens (tertiary/aromatic N) is 1. The second-order valence-electron chi connectivity index (χ2n) is 5.90. The van der Waals surface area contributed by atoms with Gasteiger partial charge in [0.2, 0.25) is 0 Å². The monoisotopic (exact) mass is 525 g/mol. The Morgan fingerprint density at radius 2 is 1.81 bits per heavy atom. The molecule has 0 aliphatic heterocycles. The van der Waals surface area contributed by atoms with Crippen molar-refractivity contribution >= 4 is 49.2 Å². The highest BCUT2D eigenvalue weighted by Gasteiger charge is 2.09. The number of unbranched alkanes of at least 4 members (excludes halogenated alkanes) is 1. The third-order valence-corrected chi connectivity index (χ3v) is 4.11. The van der Waals surface area contributed by atoms with E-state index in [1.807, 2.05) is 32.9 Å². The summed E-state index contributed by atoms with van der Waals surface area (Å²) >= 11 is 12.9. The highest BCUT2D eigenvalue weighted by Crippen LogP contribution is 2.33. The van der Waals surface area contributed by atoms with E-state index >= 15 is 0 Å². The van der Waals surface area contributed by atoms with E-state index in [9.17, 15) is 0 Å². The highest BCUT2D eigenvalue weighted by atomic mass is 79.9. The maximum Gasteiger partial charge on any atom is 0.141 e. The van der Waals surface area contributed by atoms with Crippen LogP contribution in [0.3, 0.4) is 0 Å². The van der Waals surface area contributed by atoms with Gasteiger partial charge in [0.15, 0.2) is 0 Å². The summed E-state index contributed by atoms with van der Waals surface area (Å²) in [5, 5.41) is 4.39. The van der Waals surface area contributed by atoms with Gasteiger partial charge in [0, 0.05) is 12.7 Å². The predicted molar refractivity (Wildman–Crippen MR) is 118 cm³/mol. The van der Waals surface area contributed by atoms with Gasteiger partial charge in [-0.05, 0) is 83.2 Å². The van der Waals surface area contributed by atoms with Gasteiger partial charge in [0.25, 0.3) is 0 Å². The first-order chi connectivity index (χ1) is 12.9. The van der Waals surface area contributed by atoms with Crippen LogP contribution in [0.5, 0.6) is 11.5 Å². The number of hydrogen-bond acceptors (Lipinski definition) is 5. The molecule has 0 spiro atoms. The molecule has 0 radical (unpaired) electrons. The molecule has 1 aromatic carbocycles. The number of benzene rings is 1. The van der Waals surface area contributed by atoms with Crippen LogP contribution in [0, 0.1) is 6.92 Å². The number of halogens is 3. The van der Waals surface area contributed by atoms with Crippen LogP contribution in [0.25, 0.3) is 0 Å². The Morgan fingerprint density at radius 1 is 1.07 bits per heavy atom. The van der Waals surface area contributed by atoms with Crippen molar-refractivity contribution < 1.29 is 19.0 Å². The Kier molecular flexibility index (Phi) is 12.8. The maximum absolute atomic E-state index is 6.32. The SMILES string of the molecule is CC(C)=NOCCOCCCCOc1c(C)cc(OCC=C(Br)Br)cc1Cl. The van der Waals surface area contributed by atoms with Gasteiger partial charge in [0.1, 0.15) is 24.7 Å². The standard InChI is InChI=1S/C19H26Br2ClNO4/c1-14(2)23-27-11-10-24-7-4-5-8-26-19-15(3)12-16(13-17(19)22)25-9-6-18(20)21/h6,12-13H,4-5,7-11H2,1-3H3. The van der Waals surface area contributed by atoms with Crippen molar-refractivity contribution in [3.63, 3.8) is 0 Å². The van der Waals surface area contributed by atoms with E-state index in [1.165, 1.54) is 0 Å². The fourth-order valence-corrected chi connectivity index (χ4v) is 2.60. The number of hydrogen-bond donors (Lipinski definition) is 0. The summed E-state index contributed by atoms with van der Waals surface area (Å²) in [7, 11) is 0. The molecule has 1 aromatic rings. The zero-order valence-corrected chi connectivity index (χ0v) is 19.8. The van der Waals surface area contributed by atoms with E-state index in [2.05, 4.69) is 37.0 Å². The normalized spacial score (nSPS) is 10.3. The van der Waals surface area contributed by atoms with Gasteiger partial charge in [-0.1, -0.05) is 16.8 Å². The third-order valence-electron chi connectivity index (χ3n) is 3.19. The average Bonchev–Trinajstić information content (AvgIpc) is 2.58. The Labute approximate surface area is 183 Å². The largest absolute Gasteiger partial charge is 0.492 e. The van der Waals surface area contributed by atoms with Crippen molar-refractivity contribution in [2.24, 2.45) is 5.16 Å². The van der Waals surface area contributed by atoms with Crippen LogP contribution in [0.1, 0.15) is 32.3 Å². The molecule has 0 heterocycles. The molecule has 0 aliphatic carbocycles. The van der Waals surface area contributed by atoms with E-state index in [-0.39, 0.29) is 0 Å². The maximum atomic E-state index is 6.32. The summed E-state index contributed by atoms with van der Waals surface area (Å²) < 4.78 is 17.8. The van der Waals surface area contributed by atoms with Crippen molar-refractivity contribution in [1.82, 2.24) is 0 Å². The molecule has 0 amide bonds. The molecule has 0 atom stereocenters. The van der Waals surface area contributed by atoms with Crippen LogP contribution in [0.15, 0.2) is 26.8 Å². The number of oxime groups is 1. The van der Waals surface area contributed by atoms with Gasteiger partial charge >= 0.3 is 0 Å². The first kappa shape index (κ1) is 24.3. The summed E-state index contributed by atoms with van der Waals surface area (Å²) in [6.45, 7) is 8.41. The molecule has 27 heavy (non-hydrogen) atoms. The van der Waals surface area contributed by atoms with Gasteiger partial charge in [0.05, 0.1) is 27.3 Å². The zero-order chi connectivity index (χ0) is 20.1. The first-order valence-electron chi connectivity index (χ1n) is 8.68. The fourth-order valence-electron chi connectivity index (χ4n) is 2.02. The van der Waals surface area contributed by atoms with Crippen LogP contribution in [-0.2, 0) is 9.57 Å². The molecular weight excluding hydrogens is 501 g/mol. The summed E-state index contributed by atoms with van der Waals surface area (Å²) in [6, 6.07) is 3.68. The summed E-state index contributed by atoms with van der Waals surface area (Å²) in [6.07, 6.45) is 3.65. The average molecular weight is 528 g/mol. The number of rotatable bonds is 13. The minimum absolute atomic E-state index is 0.442. The minimum Gasteiger partial charge on any atom is -0.492 e. The van der Waals surface area contributed by atoms with E-state index in [1.54, 1.807) is 6.07 Å². The molecule has 0 saturated heterocycles. The molecule has 1 rings (SSSR count). The Hall–Kier alpha value is -0.760. The predicted octanol–water partition coefficient (Wildman–Crippen LogP) is 6.25. The Bertz CT molecular complexity index is 607. The van der Waals surface area contributed by atoms with Crippen LogP contribution in [0.4, 0.5) is 0 Å². The molecule has 152 valence electrons. The lowest BCUT2D eigenvalue weighted by Crippen LogP contribution is -2.06. The first-order valence-corrected chi connectivity index (χ1v) is 10.6. The van der Waals surface area contributed by atoms with Crippen LogP contribution < -0.4 is 9.47 Å². The highest BCUT2D eigenvalue weighted by molar-refractivity contribution is 9.28.